The van der Waals surface area contributed by atoms with Crippen molar-refractivity contribution in [3.63, 3.8) is 0 Å². The zero-order valence-corrected chi connectivity index (χ0v) is 8.84. The number of hydrogen-bond donors (Lipinski definition) is 0. The van der Waals surface area contributed by atoms with Crippen molar-refractivity contribution >= 4 is 39.6 Å². The molecule has 1 heterocycles. The van der Waals surface area contributed by atoms with E-state index in [4.69, 9.17) is 11.6 Å². The first-order chi connectivity index (χ1) is 5.27. The molecule has 0 radical (unpaired) electrons. The lowest BCUT2D eigenvalue weighted by Gasteiger charge is -2.20. The first-order valence-corrected chi connectivity index (χ1v) is 4.96. The van der Waals surface area contributed by atoms with Crippen LogP contribution in [0.5, 0.6) is 0 Å². The van der Waals surface area contributed by atoms with Gasteiger partial charge in [-0.2, -0.15) is 0 Å². The summed E-state index contributed by atoms with van der Waals surface area (Å²) < 4.78 is 2.14. The van der Waals surface area contributed by atoms with E-state index in [0.29, 0.717) is 11.8 Å². The molecule has 60 valence electrons. The topological polar surface area (TPSA) is 15.6 Å². The molecule has 11 heavy (non-hydrogen) atoms. The van der Waals surface area contributed by atoms with Gasteiger partial charge in [-0.3, -0.25) is 8.11 Å². The van der Waals surface area contributed by atoms with Crippen LogP contribution in [0.1, 0.15) is 12.8 Å². The molecule has 0 unspecified atom stereocenters. The first-order valence-electron chi connectivity index (χ1n) is 3.62. The number of rotatable bonds is 1. The van der Waals surface area contributed by atoms with Gasteiger partial charge in [0.1, 0.15) is 11.8 Å². The molecule has 1 saturated carbocycles. The molecule has 0 spiro atoms. The molecule has 0 amide bonds. The van der Waals surface area contributed by atoms with Crippen LogP contribution in [0, 0.1) is 5.92 Å². The average molecular weight is 283 g/mol. The second kappa shape index (κ2) is 2.94. The Morgan fingerprint density at radius 1 is 1.64 bits per heavy atom. The second-order valence-corrected chi connectivity index (χ2v) is 4.38. The predicted octanol–water partition coefficient (Wildman–Crippen LogP) is 2.54. The van der Waals surface area contributed by atoms with Crippen molar-refractivity contribution in [3.8, 4) is 0 Å². The van der Waals surface area contributed by atoms with Gasteiger partial charge in [-0.1, -0.05) is 11.6 Å². The summed E-state index contributed by atoms with van der Waals surface area (Å²) in [4.78, 5) is 4.10. The van der Waals surface area contributed by atoms with Crippen molar-refractivity contribution in [2.45, 2.75) is 12.8 Å². The maximum absolute atomic E-state index is 5.79. The molecule has 0 saturated heterocycles. The molecule has 0 aromatic heterocycles. The number of hydrogen-bond acceptors (Lipinski definition) is 2. The smallest absolute Gasteiger partial charge is 0.127 e. The van der Waals surface area contributed by atoms with Crippen LogP contribution in [0.3, 0.4) is 0 Å². The fourth-order valence-electron chi connectivity index (χ4n) is 1.14. The molecule has 1 fully saturated rings. The lowest BCUT2D eigenvalue weighted by atomic mass is 10.2. The zero-order valence-electron chi connectivity index (χ0n) is 5.93. The highest BCUT2D eigenvalue weighted by molar-refractivity contribution is 14.1. The Morgan fingerprint density at radius 2 is 2.36 bits per heavy atom. The normalized spacial score (nSPS) is 24.7. The van der Waals surface area contributed by atoms with E-state index in [0.717, 1.165) is 5.92 Å². The van der Waals surface area contributed by atoms with Gasteiger partial charge in [-0.25, -0.2) is 0 Å². The number of allylic oxidation sites excluding steroid dienone is 2. The average Bonchev–Trinajstić information content (AvgIpc) is 2.76. The predicted molar refractivity (Wildman–Crippen MR) is 54.8 cm³/mol. The van der Waals surface area contributed by atoms with Crippen LogP contribution in [0.2, 0.25) is 0 Å². The summed E-state index contributed by atoms with van der Waals surface area (Å²) in [6.07, 6.45) is 4.61. The summed E-state index contributed by atoms with van der Waals surface area (Å²) in [5, 5.41) is 0.653. The van der Waals surface area contributed by atoms with Crippen molar-refractivity contribution in [2.75, 3.05) is 6.67 Å². The van der Waals surface area contributed by atoms with E-state index in [-0.39, 0.29) is 0 Å². The molecule has 0 aromatic carbocycles. The minimum Gasteiger partial charge on any atom is -0.298 e. The molecule has 0 bridgehead atoms. The molecule has 4 heteroatoms. The Kier molecular flexibility index (Phi) is 2.10. The monoisotopic (exact) mass is 282 g/mol. The highest BCUT2D eigenvalue weighted by Gasteiger charge is 2.30. The van der Waals surface area contributed by atoms with Crippen molar-refractivity contribution in [1.82, 2.24) is 3.11 Å². The SMILES string of the molecule is ClC1=NCN(I)C(C2CC2)=C1. The summed E-state index contributed by atoms with van der Waals surface area (Å²) in [6, 6.07) is 0. The van der Waals surface area contributed by atoms with E-state index in [2.05, 4.69) is 31.0 Å². The lowest BCUT2D eigenvalue weighted by molar-refractivity contribution is 0.586. The van der Waals surface area contributed by atoms with E-state index in [1.807, 2.05) is 6.08 Å². The molecule has 1 aliphatic heterocycles. The molecule has 1 aliphatic carbocycles. The molecular formula is C7H8ClIN2. The third-order valence-corrected chi connectivity index (χ3v) is 2.98. The van der Waals surface area contributed by atoms with E-state index in [1.54, 1.807) is 0 Å². The molecule has 0 aromatic rings. The van der Waals surface area contributed by atoms with Crippen LogP contribution in [0.4, 0.5) is 0 Å². The van der Waals surface area contributed by atoms with Crippen LogP contribution in [0.25, 0.3) is 0 Å². The van der Waals surface area contributed by atoms with E-state index >= 15 is 0 Å². The van der Waals surface area contributed by atoms with Gasteiger partial charge in [0.05, 0.1) is 22.9 Å². The van der Waals surface area contributed by atoms with E-state index in [1.165, 1.54) is 18.5 Å². The highest BCUT2D eigenvalue weighted by atomic mass is 127. The number of aliphatic imine (C=N–C) groups is 1. The van der Waals surface area contributed by atoms with Gasteiger partial charge in [0.2, 0.25) is 0 Å². The number of halogens is 2. The second-order valence-electron chi connectivity index (χ2n) is 2.83. The van der Waals surface area contributed by atoms with Crippen molar-refractivity contribution < 1.29 is 0 Å². The Labute approximate surface area is 84.8 Å². The lowest BCUT2D eigenvalue weighted by Crippen LogP contribution is -2.17. The number of nitrogens with zero attached hydrogens (tertiary/aromatic N) is 2. The Morgan fingerprint density at radius 3 is 3.00 bits per heavy atom. The minimum absolute atomic E-state index is 0.653. The molecule has 2 aliphatic rings. The molecule has 2 rings (SSSR count). The maximum Gasteiger partial charge on any atom is 0.127 e. The third-order valence-electron chi connectivity index (χ3n) is 1.89. The standard InChI is InChI=1S/C7H8ClIN2/c8-7-3-6(5-1-2-5)11(9)4-10-7/h3,5H,1-2,4H2. The van der Waals surface area contributed by atoms with Crippen molar-refractivity contribution in [2.24, 2.45) is 10.9 Å². The highest BCUT2D eigenvalue weighted by Crippen LogP contribution is 2.40. The van der Waals surface area contributed by atoms with Crippen LogP contribution < -0.4 is 0 Å². The van der Waals surface area contributed by atoms with Gasteiger partial charge < -0.3 is 0 Å². The summed E-state index contributed by atoms with van der Waals surface area (Å²) in [5.74, 6) is 0.760. The van der Waals surface area contributed by atoms with Gasteiger partial charge in [0.15, 0.2) is 0 Å². The summed E-state index contributed by atoms with van der Waals surface area (Å²) in [5.41, 5.74) is 1.35. The van der Waals surface area contributed by atoms with E-state index in [9.17, 15) is 0 Å². The Hall–Kier alpha value is 0.230. The van der Waals surface area contributed by atoms with Crippen molar-refractivity contribution in [3.05, 3.63) is 11.8 Å². The van der Waals surface area contributed by atoms with Crippen LogP contribution in [0.15, 0.2) is 16.8 Å². The van der Waals surface area contributed by atoms with Crippen LogP contribution in [-0.2, 0) is 0 Å². The third kappa shape index (κ3) is 1.69. The fourth-order valence-corrected chi connectivity index (χ4v) is 2.00. The largest absolute Gasteiger partial charge is 0.298 e. The van der Waals surface area contributed by atoms with Gasteiger partial charge >= 0.3 is 0 Å². The van der Waals surface area contributed by atoms with E-state index < -0.39 is 0 Å². The Bertz CT molecular complexity index is 233. The van der Waals surface area contributed by atoms with Crippen molar-refractivity contribution in [1.29, 1.82) is 0 Å². The molecule has 0 atom stereocenters. The molecule has 0 N–H and O–H groups in total. The van der Waals surface area contributed by atoms with Gasteiger partial charge in [0.25, 0.3) is 0 Å². The summed E-state index contributed by atoms with van der Waals surface area (Å²) >= 11 is 8.08. The summed E-state index contributed by atoms with van der Waals surface area (Å²) in [6.45, 7) is 0.710. The fraction of sp³-hybridized carbons (Fsp3) is 0.571. The minimum atomic E-state index is 0.653. The first kappa shape index (κ1) is 7.86. The van der Waals surface area contributed by atoms with Gasteiger partial charge in [0, 0.05) is 5.70 Å². The zero-order chi connectivity index (χ0) is 7.84. The molecule has 2 nitrogen and oxygen atoms in total. The quantitative estimate of drug-likeness (QED) is 0.533. The van der Waals surface area contributed by atoms with Gasteiger partial charge in [-0.15, -0.1) is 0 Å². The summed E-state index contributed by atoms with van der Waals surface area (Å²) in [7, 11) is 0. The Balaban J connectivity index is 2.18. The maximum atomic E-state index is 5.79. The molecular weight excluding hydrogens is 274 g/mol. The van der Waals surface area contributed by atoms with Crippen LogP contribution >= 0.6 is 34.5 Å². The van der Waals surface area contributed by atoms with Crippen LogP contribution in [-0.4, -0.2) is 15.0 Å². The van der Waals surface area contributed by atoms with Gasteiger partial charge in [-0.05, 0) is 24.8 Å².